The van der Waals surface area contributed by atoms with Crippen LogP contribution in [0.25, 0.3) is 17.4 Å². The Labute approximate surface area is 197 Å². The summed E-state index contributed by atoms with van der Waals surface area (Å²) in [5.41, 5.74) is 1.69. The summed E-state index contributed by atoms with van der Waals surface area (Å²) < 4.78 is 32.2. The summed E-state index contributed by atoms with van der Waals surface area (Å²) in [6.45, 7) is -0.0106. The molecule has 0 aliphatic heterocycles. The Morgan fingerprint density at radius 2 is 1.65 bits per heavy atom. The Bertz CT molecular complexity index is 1130. The molecular weight excluding hydrogens is 440 g/mol. The molecule has 0 unspecified atom stereocenters. The van der Waals surface area contributed by atoms with Crippen LogP contribution in [-0.4, -0.2) is 46.7 Å². The van der Waals surface area contributed by atoms with Crippen LogP contribution in [0.2, 0.25) is 0 Å². The fraction of sp³-hybridized carbons (Fsp3) is 0.231. The number of carbonyl (C=O) groups is 2. The van der Waals surface area contributed by atoms with Gasteiger partial charge in [0.25, 0.3) is 0 Å². The molecule has 0 aliphatic carbocycles. The molecule has 0 N–H and O–H groups in total. The molecule has 0 amide bonds. The van der Waals surface area contributed by atoms with Gasteiger partial charge in [-0.3, -0.25) is 9.59 Å². The highest BCUT2D eigenvalue weighted by molar-refractivity contribution is 6.06. The summed E-state index contributed by atoms with van der Waals surface area (Å²) in [6.07, 6.45) is 2.99. The number of hydrogen-bond acceptors (Lipinski definition) is 8. The van der Waals surface area contributed by atoms with E-state index in [1.54, 1.807) is 54.6 Å². The third-order valence-electron chi connectivity index (χ3n) is 4.73. The number of furan rings is 1. The van der Waals surface area contributed by atoms with E-state index in [1.807, 2.05) is 6.07 Å². The third-order valence-corrected chi connectivity index (χ3v) is 4.73. The van der Waals surface area contributed by atoms with Crippen molar-refractivity contribution < 1.29 is 37.7 Å². The normalized spacial score (nSPS) is 10.9. The van der Waals surface area contributed by atoms with E-state index in [-0.39, 0.29) is 25.8 Å². The minimum atomic E-state index is -0.442. The number of benzene rings is 2. The van der Waals surface area contributed by atoms with Crippen LogP contribution in [0.3, 0.4) is 0 Å². The van der Waals surface area contributed by atoms with Crippen LogP contribution in [-0.2, 0) is 25.4 Å². The standard InChI is InChI=1S/C26H26O8/c1-29-16-32-21-13-19(14-25(28)31-3)26(24(15-21)33-17-30-2)23-12-10-20(34-23)9-11-22(27)18-7-5-4-6-8-18/h4-13,15H,14,16-17H2,1-3H3/b11-9+. The molecule has 0 radical (unpaired) electrons. The highest BCUT2D eigenvalue weighted by atomic mass is 16.7. The Hall–Kier alpha value is -3.88. The van der Waals surface area contributed by atoms with E-state index in [4.69, 9.17) is 28.1 Å². The van der Waals surface area contributed by atoms with Crippen molar-refractivity contribution in [2.45, 2.75) is 6.42 Å². The van der Waals surface area contributed by atoms with Gasteiger partial charge in [0, 0.05) is 25.8 Å². The average Bonchev–Trinajstić information content (AvgIpc) is 3.33. The first-order valence-corrected chi connectivity index (χ1v) is 10.4. The quantitative estimate of drug-likeness (QED) is 0.166. The molecule has 0 atom stereocenters. The maximum Gasteiger partial charge on any atom is 0.310 e. The van der Waals surface area contributed by atoms with Gasteiger partial charge >= 0.3 is 5.97 Å². The van der Waals surface area contributed by atoms with Crippen molar-refractivity contribution in [3.8, 4) is 22.8 Å². The highest BCUT2D eigenvalue weighted by Gasteiger charge is 2.20. The summed E-state index contributed by atoms with van der Waals surface area (Å²) in [4.78, 5) is 24.5. The first kappa shape index (κ1) is 24.8. The molecule has 0 aliphatic rings. The fourth-order valence-corrected chi connectivity index (χ4v) is 3.17. The van der Waals surface area contributed by atoms with Gasteiger partial charge in [0.05, 0.1) is 19.1 Å². The number of allylic oxidation sites excluding steroid dienone is 1. The molecule has 3 rings (SSSR count). The van der Waals surface area contributed by atoms with Crippen LogP contribution in [0.5, 0.6) is 11.5 Å². The second-order valence-corrected chi connectivity index (χ2v) is 7.08. The van der Waals surface area contributed by atoms with Crippen molar-refractivity contribution in [3.05, 3.63) is 77.6 Å². The van der Waals surface area contributed by atoms with Gasteiger partial charge in [-0.2, -0.15) is 0 Å². The zero-order valence-electron chi connectivity index (χ0n) is 19.2. The number of hydrogen-bond donors (Lipinski definition) is 0. The lowest BCUT2D eigenvalue weighted by Gasteiger charge is -2.16. The third kappa shape index (κ3) is 6.57. The predicted octanol–water partition coefficient (Wildman–Crippen LogP) is 4.52. The van der Waals surface area contributed by atoms with Crippen LogP contribution >= 0.6 is 0 Å². The Balaban J connectivity index is 1.97. The van der Waals surface area contributed by atoms with Crippen molar-refractivity contribution in [3.63, 3.8) is 0 Å². The molecular formula is C26H26O8. The van der Waals surface area contributed by atoms with Crippen molar-refractivity contribution in [2.24, 2.45) is 0 Å². The van der Waals surface area contributed by atoms with E-state index in [9.17, 15) is 9.59 Å². The molecule has 0 saturated carbocycles. The molecule has 8 heteroatoms. The lowest BCUT2D eigenvalue weighted by Crippen LogP contribution is -2.09. The Morgan fingerprint density at radius 3 is 2.35 bits per heavy atom. The molecule has 0 saturated heterocycles. The number of methoxy groups -OCH3 is 3. The van der Waals surface area contributed by atoms with Gasteiger partial charge < -0.3 is 28.1 Å². The van der Waals surface area contributed by atoms with Gasteiger partial charge in [-0.25, -0.2) is 0 Å². The Morgan fingerprint density at radius 1 is 0.912 bits per heavy atom. The highest BCUT2D eigenvalue weighted by Crippen LogP contribution is 2.39. The van der Waals surface area contributed by atoms with Gasteiger partial charge in [-0.15, -0.1) is 0 Å². The lowest BCUT2D eigenvalue weighted by molar-refractivity contribution is -0.139. The SMILES string of the molecule is COCOc1cc(CC(=O)OC)c(-c2ccc(/C=C/C(=O)c3ccccc3)o2)c(OCOC)c1. The van der Waals surface area contributed by atoms with E-state index in [1.165, 1.54) is 27.4 Å². The summed E-state index contributed by atoms with van der Waals surface area (Å²) >= 11 is 0. The molecule has 2 aromatic carbocycles. The van der Waals surface area contributed by atoms with Crippen LogP contribution in [0.4, 0.5) is 0 Å². The summed E-state index contributed by atoms with van der Waals surface area (Å²) in [7, 11) is 4.32. The zero-order chi connectivity index (χ0) is 24.3. The number of ketones is 1. The second-order valence-electron chi connectivity index (χ2n) is 7.08. The molecule has 3 aromatic rings. The molecule has 1 aromatic heterocycles. The number of ether oxygens (including phenoxy) is 5. The predicted molar refractivity (Wildman–Crippen MR) is 125 cm³/mol. The minimum absolute atomic E-state index is 0.0197. The van der Waals surface area contributed by atoms with Crippen LogP contribution in [0, 0.1) is 0 Å². The maximum absolute atomic E-state index is 12.4. The van der Waals surface area contributed by atoms with Crippen molar-refractivity contribution >= 4 is 17.8 Å². The molecule has 0 spiro atoms. The summed E-state index contributed by atoms with van der Waals surface area (Å²) in [5, 5.41) is 0. The maximum atomic E-state index is 12.4. The van der Waals surface area contributed by atoms with Crippen LogP contribution in [0.15, 0.2) is 65.1 Å². The van der Waals surface area contributed by atoms with E-state index in [0.717, 1.165) is 0 Å². The van der Waals surface area contributed by atoms with Gasteiger partial charge in [-0.1, -0.05) is 30.3 Å². The van der Waals surface area contributed by atoms with Gasteiger partial charge in [0.1, 0.15) is 23.0 Å². The molecule has 0 fully saturated rings. The van der Waals surface area contributed by atoms with Gasteiger partial charge in [-0.05, 0) is 35.9 Å². The lowest BCUT2D eigenvalue weighted by atomic mass is 10.0. The number of esters is 1. The zero-order valence-corrected chi connectivity index (χ0v) is 19.2. The topological polar surface area (TPSA) is 93.4 Å². The van der Waals surface area contributed by atoms with Gasteiger partial charge in [0.2, 0.25) is 0 Å². The molecule has 1 heterocycles. The number of carbonyl (C=O) groups excluding carboxylic acids is 2. The number of rotatable bonds is 12. The second kappa shape index (κ2) is 12.4. The summed E-state index contributed by atoms with van der Waals surface area (Å²) in [5.74, 6) is 1.14. The van der Waals surface area contributed by atoms with Crippen molar-refractivity contribution in [2.75, 3.05) is 34.9 Å². The Kier molecular flexibility index (Phi) is 9.02. The fourth-order valence-electron chi connectivity index (χ4n) is 3.17. The molecule has 8 nitrogen and oxygen atoms in total. The van der Waals surface area contributed by atoms with E-state index in [0.29, 0.717) is 39.7 Å². The van der Waals surface area contributed by atoms with Gasteiger partial charge in [0.15, 0.2) is 19.4 Å². The monoisotopic (exact) mass is 466 g/mol. The molecule has 178 valence electrons. The average molecular weight is 466 g/mol. The van der Waals surface area contributed by atoms with E-state index < -0.39 is 5.97 Å². The largest absolute Gasteiger partial charge is 0.469 e. The van der Waals surface area contributed by atoms with Crippen molar-refractivity contribution in [1.82, 2.24) is 0 Å². The summed E-state index contributed by atoms with van der Waals surface area (Å²) in [6, 6.07) is 15.7. The smallest absolute Gasteiger partial charge is 0.310 e. The first-order valence-electron chi connectivity index (χ1n) is 10.4. The molecule has 0 bridgehead atoms. The van der Waals surface area contributed by atoms with E-state index in [2.05, 4.69) is 0 Å². The van der Waals surface area contributed by atoms with Crippen molar-refractivity contribution in [1.29, 1.82) is 0 Å². The molecule has 34 heavy (non-hydrogen) atoms. The van der Waals surface area contributed by atoms with E-state index >= 15 is 0 Å². The van der Waals surface area contributed by atoms with Crippen LogP contribution < -0.4 is 9.47 Å². The minimum Gasteiger partial charge on any atom is -0.469 e. The van der Waals surface area contributed by atoms with Crippen LogP contribution in [0.1, 0.15) is 21.7 Å². The first-order chi connectivity index (χ1) is 16.5.